The Kier molecular flexibility index (Phi) is 4.17. The number of nitro groups is 1. The van der Waals surface area contributed by atoms with Gasteiger partial charge in [0.25, 0.3) is 0 Å². The SMILES string of the molecule is O=c1ccn(C2CCN(Cc3ccc([N+](=O)[O-])o3)CC2)c2c1cnc1[nH]ccc12. The van der Waals surface area contributed by atoms with Crippen molar-refractivity contribution in [1.29, 1.82) is 0 Å². The van der Waals surface area contributed by atoms with Crippen LogP contribution < -0.4 is 5.43 Å². The molecule has 1 fully saturated rings. The van der Waals surface area contributed by atoms with Gasteiger partial charge in [-0.15, -0.1) is 0 Å². The number of rotatable bonds is 4. The molecule has 1 aliphatic rings. The molecule has 0 radical (unpaired) electrons. The third kappa shape index (κ3) is 3.09. The molecule has 4 aromatic rings. The quantitative estimate of drug-likeness (QED) is 0.421. The van der Waals surface area contributed by atoms with Crippen LogP contribution in [0.25, 0.3) is 21.9 Å². The second-order valence-corrected chi connectivity index (χ2v) is 7.35. The zero-order valence-electron chi connectivity index (χ0n) is 15.6. The van der Waals surface area contributed by atoms with E-state index in [9.17, 15) is 14.9 Å². The molecule has 0 aromatic carbocycles. The summed E-state index contributed by atoms with van der Waals surface area (Å²) in [6, 6.07) is 6.89. The summed E-state index contributed by atoms with van der Waals surface area (Å²) in [7, 11) is 0. The lowest BCUT2D eigenvalue weighted by molar-refractivity contribution is -0.402. The van der Waals surface area contributed by atoms with E-state index in [1.807, 2.05) is 18.5 Å². The average molecular weight is 393 g/mol. The van der Waals surface area contributed by atoms with Crippen LogP contribution in [0, 0.1) is 10.1 Å². The van der Waals surface area contributed by atoms with Crippen molar-refractivity contribution in [3.05, 3.63) is 69.0 Å². The maximum absolute atomic E-state index is 12.4. The molecule has 0 atom stereocenters. The molecule has 9 heteroatoms. The van der Waals surface area contributed by atoms with Crippen molar-refractivity contribution >= 4 is 27.8 Å². The highest BCUT2D eigenvalue weighted by molar-refractivity contribution is 6.02. The van der Waals surface area contributed by atoms with Gasteiger partial charge < -0.3 is 14.0 Å². The number of pyridine rings is 2. The number of aromatic nitrogens is 3. The highest BCUT2D eigenvalue weighted by atomic mass is 16.6. The maximum atomic E-state index is 12.4. The van der Waals surface area contributed by atoms with Gasteiger partial charge in [-0.3, -0.25) is 19.8 Å². The van der Waals surface area contributed by atoms with Gasteiger partial charge in [0.2, 0.25) is 0 Å². The summed E-state index contributed by atoms with van der Waals surface area (Å²) in [6.07, 6.45) is 7.19. The van der Waals surface area contributed by atoms with Gasteiger partial charge in [-0.2, -0.15) is 0 Å². The molecule has 29 heavy (non-hydrogen) atoms. The molecule has 0 amide bonds. The van der Waals surface area contributed by atoms with Gasteiger partial charge in [-0.05, 0) is 25.0 Å². The summed E-state index contributed by atoms with van der Waals surface area (Å²) in [5.41, 5.74) is 1.67. The van der Waals surface area contributed by atoms with Crippen LogP contribution in [0.3, 0.4) is 0 Å². The molecule has 0 bridgehead atoms. The smallest absolute Gasteiger partial charge is 0.404 e. The number of H-pyrrole nitrogens is 1. The first-order chi connectivity index (χ1) is 14.1. The van der Waals surface area contributed by atoms with Crippen molar-refractivity contribution in [2.75, 3.05) is 13.1 Å². The van der Waals surface area contributed by atoms with Crippen molar-refractivity contribution in [2.45, 2.75) is 25.4 Å². The van der Waals surface area contributed by atoms with E-state index < -0.39 is 4.92 Å². The lowest BCUT2D eigenvalue weighted by atomic mass is 10.0. The van der Waals surface area contributed by atoms with Crippen molar-refractivity contribution in [1.82, 2.24) is 19.4 Å². The van der Waals surface area contributed by atoms with Crippen LogP contribution in [-0.2, 0) is 6.54 Å². The van der Waals surface area contributed by atoms with E-state index in [4.69, 9.17) is 4.42 Å². The fourth-order valence-electron chi connectivity index (χ4n) is 4.19. The molecule has 148 valence electrons. The second-order valence-electron chi connectivity index (χ2n) is 7.35. The predicted molar refractivity (Wildman–Crippen MR) is 107 cm³/mol. The van der Waals surface area contributed by atoms with Gasteiger partial charge in [0, 0.05) is 49.2 Å². The lowest BCUT2D eigenvalue weighted by Crippen LogP contribution is -2.34. The Bertz CT molecular complexity index is 1260. The third-order valence-electron chi connectivity index (χ3n) is 5.63. The van der Waals surface area contributed by atoms with E-state index in [1.165, 1.54) is 6.07 Å². The molecule has 1 aliphatic heterocycles. The predicted octanol–water partition coefficient (Wildman–Crippen LogP) is 3.22. The van der Waals surface area contributed by atoms with Crippen molar-refractivity contribution in [2.24, 2.45) is 0 Å². The standard InChI is InChI=1S/C20H19N5O4/c26-17-6-10-24(19-15-3-7-21-20(15)22-11-16(17)19)13-4-8-23(9-5-13)12-14-1-2-18(29-14)25(27)28/h1-3,6-7,10-11,13H,4-5,8-9,12H2,(H,21,22). The van der Waals surface area contributed by atoms with Gasteiger partial charge in [0.15, 0.2) is 5.43 Å². The number of nitrogens with one attached hydrogen (secondary N) is 1. The summed E-state index contributed by atoms with van der Waals surface area (Å²) in [4.78, 5) is 32.3. The van der Waals surface area contributed by atoms with Crippen molar-refractivity contribution in [3.8, 4) is 0 Å². The first-order valence-corrected chi connectivity index (χ1v) is 9.52. The summed E-state index contributed by atoms with van der Waals surface area (Å²) < 4.78 is 7.48. The Morgan fingerprint density at radius 3 is 2.79 bits per heavy atom. The molecule has 0 saturated carbocycles. The first-order valence-electron chi connectivity index (χ1n) is 9.52. The van der Waals surface area contributed by atoms with E-state index in [0.29, 0.717) is 17.7 Å². The van der Waals surface area contributed by atoms with E-state index in [2.05, 4.69) is 19.4 Å². The Labute approximate surface area is 164 Å². The van der Waals surface area contributed by atoms with Crippen LogP contribution in [0.5, 0.6) is 0 Å². The summed E-state index contributed by atoms with van der Waals surface area (Å²) in [6.45, 7) is 2.24. The Hall–Kier alpha value is -3.46. The minimum absolute atomic E-state index is 0.0244. The van der Waals surface area contributed by atoms with E-state index in [-0.39, 0.29) is 17.4 Å². The third-order valence-corrected chi connectivity index (χ3v) is 5.63. The topological polar surface area (TPSA) is 110 Å². The molecular weight excluding hydrogens is 374 g/mol. The van der Waals surface area contributed by atoms with Gasteiger partial charge in [-0.1, -0.05) is 0 Å². The molecule has 1 saturated heterocycles. The average Bonchev–Trinajstić information content (AvgIpc) is 3.38. The number of hydrogen-bond acceptors (Lipinski definition) is 6. The van der Waals surface area contributed by atoms with Crippen molar-refractivity contribution < 1.29 is 9.34 Å². The van der Waals surface area contributed by atoms with E-state index in [1.54, 1.807) is 18.3 Å². The van der Waals surface area contributed by atoms with Gasteiger partial charge in [-0.25, -0.2) is 4.98 Å². The minimum Gasteiger partial charge on any atom is -0.404 e. The minimum atomic E-state index is -0.520. The number of piperidine rings is 1. The molecule has 5 rings (SSSR count). The Morgan fingerprint density at radius 1 is 1.21 bits per heavy atom. The molecule has 0 aliphatic carbocycles. The zero-order chi connectivity index (χ0) is 20.0. The maximum Gasteiger partial charge on any atom is 0.433 e. The van der Waals surface area contributed by atoms with E-state index in [0.717, 1.165) is 42.5 Å². The highest BCUT2D eigenvalue weighted by Gasteiger charge is 2.24. The Morgan fingerprint density at radius 2 is 2.03 bits per heavy atom. The number of hydrogen-bond donors (Lipinski definition) is 1. The van der Waals surface area contributed by atoms with Crippen LogP contribution in [0.2, 0.25) is 0 Å². The largest absolute Gasteiger partial charge is 0.433 e. The molecule has 0 spiro atoms. The molecule has 9 nitrogen and oxygen atoms in total. The molecule has 4 aromatic heterocycles. The molecule has 1 N–H and O–H groups in total. The number of furan rings is 1. The number of likely N-dealkylation sites (tertiary alicyclic amines) is 1. The Balaban J connectivity index is 1.39. The first kappa shape index (κ1) is 17.6. The second kappa shape index (κ2) is 6.85. The highest BCUT2D eigenvalue weighted by Crippen LogP contribution is 2.29. The molecular formula is C20H19N5O4. The van der Waals surface area contributed by atoms with Gasteiger partial charge >= 0.3 is 5.88 Å². The zero-order valence-corrected chi connectivity index (χ0v) is 15.6. The fraction of sp³-hybridized carbons (Fsp3) is 0.300. The lowest BCUT2D eigenvalue weighted by Gasteiger charge is -2.33. The summed E-state index contributed by atoms with van der Waals surface area (Å²) in [5.74, 6) is 0.378. The van der Waals surface area contributed by atoms with Gasteiger partial charge in [0.05, 0.1) is 23.5 Å². The fourth-order valence-corrected chi connectivity index (χ4v) is 4.19. The number of aromatic amines is 1. The van der Waals surface area contributed by atoms with Crippen LogP contribution in [0.4, 0.5) is 5.88 Å². The number of nitrogens with zero attached hydrogens (tertiary/aromatic N) is 4. The van der Waals surface area contributed by atoms with E-state index >= 15 is 0 Å². The van der Waals surface area contributed by atoms with Crippen LogP contribution in [0.15, 0.2) is 52.1 Å². The monoisotopic (exact) mass is 393 g/mol. The summed E-state index contributed by atoms with van der Waals surface area (Å²) in [5, 5.41) is 12.4. The molecule has 0 unspecified atom stereocenters. The number of fused-ring (bicyclic) bond motifs is 3. The van der Waals surface area contributed by atoms with Crippen molar-refractivity contribution in [3.63, 3.8) is 0 Å². The summed E-state index contributed by atoms with van der Waals surface area (Å²) >= 11 is 0. The van der Waals surface area contributed by atoms with Crippen LogP contribution in [0.1, 0.15) is 24.6 Å². The van der Waals surface area contributed by atoms with Crippen LogP contribution >= 0.6 is 0 Å². The van der Waals surface area contributed by atoms with Gasteiger partial charge in [0.1, 0.15) is 16.3 Å². The normalized spacial score (nSPS) is 16.0. The van der Waals surface area contributed by atoms with Crippen LogP contribution in [-0.4, -0.2) is 37.4 Å². The molecule has 5 heterocycles.